The first-order valence-electron chi connectivity index (χ1n) is 12.3. The molecule has 37 heavy (non-hydrogen) atoms. The van der Waals surface area contributed by atoms with Gasteiger partial charge >= 0.3 is 0 Å². The number of amides is 1. The molecule has 1 aliphatic carbocycles. The maximum atomic E-state index is 12.9. The molecule has 4 rings (SSSR count). The van der Waals surface area contributed by atoms with Gasteiger partial charge in [-0.2, -0.15) is 5.10 Å². The van der Waals surface area contributed by atoms with E-state index in [0.717, 1.165) is 46.8 Å². The number of fused-ring (bicyclic) bond motifs is 1. The molecule has 1 amide bonds. The van der Waals surface area contributed by atoms with Gasteiger partial charge in [0.25, 0.3) is 5.91 Å². The number of hydrogen-bond donors (Lipinski definition) is 2. The molecule has 3 aromatic carbocycles. The molecule has 0 saturated carbocycles. The zero-order valence-corrected chi connectivity index (χ0v) is 22.9. The highest BCUT2D eigenvalue weighted by Crippen LogP contribution is 2.36. The van der Waals surface area contributed by atoms with Gasteiger partial charge in [-0.3, -0.25) is 9.10 Å². The Bertz CT molecular complexity index is 1310. The van der Waals surface area contributed by atoms with Crippen LogP contribution >= 0.6 is 23.5 Å². The van der Waals surface area contributed by atoms with Crippen molar-refractivity contribution in [2.24, 2.45) is 10.8 Å². The van der Waals surface area contributed by atoms with Crippen molar-refractivity contribution in [3.8, 4) is 0 Å². The van der Waals surface area contributed by atoms with Crippen LogP contribution in [0.3, 0.4) is 0 Å². The Kier molecular flexibility index (Phi) is 9.05. The Balaban J connectivity index is 1.71. The van der Waals surface area contributed by atoms with Crippen molar-refractivity contribution in [1.29, 1.82) is 0 Å². The third kappa shape index (κ3) is 6.62. The van der Waals surface area contributed by atoms with Gasteiger partial charge in [-0.15, -0.1) is 0 Å². The van der Waals surface area contributed by atoms with Crippen LogP contribution in [0, 0.1) is 0 Å². The maximum Gasteiger partial charge on any atom is 0.257 e. The number of benzene rings is 3. The first-order chi connectivity index (χ1) is 17.9. The van der Waals surface area contributed by atoms with Crippen LogP contribution < -0.4 is 16.1 Å². The van der Waals surface area contributed by atoms with E-state index in [1.807, 2.05) is 37.3 Å². The summed E-state index contributed by atoms with van der Waals surface area (Å²) in [7, 11) is 4.05. The number of anilines is 2. The number of carbonyl (C=O) groups excluding carboxylic acids is 1. The van der Waals surface area contributed by atoms with E-state index in [4.69, 9.17) is 22.4 Å². The van der Waals surface area contributed by atoms with E-state index in [0.29, 0.717) is 22.8 Å². The molecule has 0 radical (unpaired) electrons. The first-order valence-corrected chi connectivity index (χ1v) is 13.5. The van der Waals surface area contributed by atoms with Crippen LogP contribution in [0.2, 0.25) is 5.02 Å². The van der Waals surface area contributed by atoms with E-state index in [-0.39, 0.29) is 5.91 Å². The minimum Gasteiger partial charge on any atom is -0.325 e. The van der Waals surface area contributed by atoms with Crippen LogP contribution in [0.15, 0.2) is 82.8 Å². The van der Waals surface area contributed by atoms with E-state index in [2.05, 4.69) is 53.0 Å². The molecule has 0 fully saturated rings. The van der Waals surface area contributed by atoms with Gasteiger partial charge in [-0.1, -0.05) is 42.8 Å². The number of nitrogens with one attached hydrogen (secondary N) is 1. The van der Waals surface area contributed by atoms with E-state index in [9.17, 15) is 4.79 Å². The summed E-state index contributed by atoms with van der Waals surface area (Å²) >= 11 is 7.91. The summed E-state index contributed by atoms with van der Waals surface area (Å²) in [5.41, 5.74) is 12.2. The first kappa shape index (κ1) is 26.9. The SMILES string of the molecule is CC/C(CN)=N\N(C1=CCCc2ccc(NC(=O)c3ccccc3Cl)cc21)c1ccc(SN(C)C)cc1. The molecule has 6 nitrogen and oxygen atoms in total. The van der Waals surface area contributed by atoms with Gasteiger partial charge in [0.05, 0.1) is 27.7 Å². The van der Waals surface area contributed by atoms with Crippen molar-refractivity contribution in [2.45, 2.75) is 31.1 Å². The van der Waals surface area contributed by atoms with Gasteiger partial charge in [0, 0.05) is 22.7 Å². The Morgan fingerprint density at radius 2 is 1.86 bits per heavy atom. The van der Waals surface area contributed by atoms with E-state index in [1.165, 1.54) is 5.56 Å². The normalized spacial score (nSPS) is 13.2. The Morgan fingerprint density at radius 1 is 1.11 bits per heavy atom. The van der Waals surface area contributed by atoms with Gasteiger partial charge in [-0.25, -0.2) is 5.01 Å². The molecule has 0 aromatic heterocycles. The second kappa shape index (κ2) is 12.4. The molecule has 3 aromatic rings. The molecule has 0 atom stereocenters. The predicted octanol–water partition coefficient (Wildman–Crippen LogP) is 6.68. The lowest BCUT2D eigenvalue weighted by atomic mass is 9.93. The number of carbonyl (C=O) groups is 1. The molecule has 0 unspecified atom stereocenters. The lowest BCUT2D eigenvalue weighted by Gasteiger charge is -2.28. The summed E-state index contributed by atoms with van der Waals surface area (Å²) < 4.78 is 2.06. The zero-order valence-electron chi connectivity index (χ0n) is 21.4. The zero-order chi connectivity index (χ0) is 26.4. The van der Waals surface area contributed by atoms with Crippen LogP contribution in [-0.4, -0.2) is 36.6 Å². The quantitative estimate of drug-likeness (QED) is 0.182. The minimum absolute atomic E-state index is 0.243. The number of hydrazone groups is 1. The fourth-order valence-corrected chi connectivity index (χ4v) is 5.04. The summed E-state index contributed by atoms with van der Waals surface area (Å²) in [5, 5.41) is 10.4. The molecule has 0 aliphatic heterocycles. The highest BCUT2D eigenvalue weighted by atomic mass is 35.5. The number of allylic oxidation sites excluding steroid dienone is 1. The smallest absolute Gasteiger partial charge is 0.257 e. The van der Waals surface area contributed by atoms with Gasteiger partial charge in [0.2, 0.25) is 0 Å². The third-order valence-electron chi connectivity index (χ3n) is 6.00. The van der Waals surface area contributed by atoms with E-state index in [1.54, 1.807) is 30.1 Å². The molecule has 0 bridgehead atoms. The van der Waals surface area contributed by atoms with Crippen molar-refractivity contribution >= 4 is 52.2 Å². The number of aryl methyl sites for hydroxylation is 1. The lowest BCUT2D eigenvalue weighted by molar-refractivity contribution is 0.102. The third-order valence-corrected chi connectivity index (χ3v) is 7.17. The van der Waals surface area contributed by atoms with E-state index < -0.39 is 0 Å². The molecule has 8 heteroatoms. The second-order valence-electron chi connectivity index (χ2n) is 8.87. The fraction of sp³-hybridized carbons (Fsp3) is 0.241. The Hall–Kier alpha value is -3.10. The lowest BCUT2D eigenvalue weighted by Crippen LogP contribution is -2.23. The minimum atomic E-state index is -0.243. The number of hydrogen-bond acceptors (Lipinski definition) is 6. The fourth-order valence-electron chi connectivity index (χ4n) is 4.14. The largest absolute Gasteiger partial charge is 0.325 e. The van der Waals surface area contributed by atoms with Crippen LogP contribution in [0.4, 0.5) is 11.4 Å². The monoisotopic (exact) mass is 533 g/mol. The Labute approximate surface area is 228 Å². The van der Waals surface area contributed by atoms with Gasteiger partial charge in [0.15, 0.2) is 0 Å². The average Bonchev–Trinajstić information content (AvgIpc) is 2.90. The summed E-state index contributed by atoms with van der Waals surface area (Å²) in [4.78, 5) is 14.1. The van der Waals surface area contributed by atoms with Gasteiger partial charge in [-0.05, 0) is 99.4 Å². The molecule has 192 valence electrons. The van der Waals surface area contributed by atoms with Gasteiger partial charge < -0.3 is 11.1 Å². The average molecular weight is 534 g/mol. The molecular weight excluding hydrogens is 502 g/mol. The van der Waals surface area contributed by atoms with Crippen LogP contribution in [0.5, 0.6) is 0 Å². The van der Waals surface area contributed by atoms with Crippen LogP contribution in [0.25, 0.3) is 5.70 Å². The van der Waals surface area contributed by atoms with Gasteiger partial charge in [0.1, 0.15) is 0 Å². The topological polar surface area (TPSA) is 74.0 Å². The van der Waals surface area contributed by atoms with Crippen LogP contribution in [0.1, 0.15) is 41.3 Å². The van der Waals surface area contributed by atoms with Crippen molar-refractivity contribution < 1.29 is 4.79 Å². The number of rotatable bonds is 9. The van der Waals surface area contributed by atoms with Crippen LogP contribution in [-0.2, 0) is 6.42 Å². The molecule has 3 N–H and O–H groups in total. The molecular formula is C29H32ClN5OS. The van der Waals surface area contributed by atoms with Crippen molar-refractivity contribution in [3.63, 3.8) is 0 Å². The number of nitrogens with two attached hydrogens (primary N) is 1. The molecule has 0 spiro atoms. The second-order valence-corrected chi connectivity index (χ2v) is 10.7. The summed E-state index contributed by atoms with van der Waals surface area (Å²) in [6.07, 6.45) is 4.79. The molecule has 0 heterocycles. The van der Waals surface area contributed by atoms with Crippen molar-refractivity contribution in [3.05, 3.63) is 94.5 Å². The molecule has 1 aliphatic rings. The highest BCUT2D eigenvalue weighted by Gasteiger charge is 2.21. The van der Waals surface area contributed by atoms with Crippen molar-refractivity contribution in [2.75, 3.05) is 31.0 Å². The maximum absolute atomic E-state index is 12.9. The summed E-state index contributed by atoms with van der Waals surface area (Å²) in [6, 6.07) is 21.4. The molecule has 0 saturated heterocycles. The van der Waals surface area contributed by atoms with Crippen molar-refractivity contribution in [1.82, 2.24) is 4.31 Å². The predicted molar refractivity (Wildman–Crippen MR) is 157 cm³/mol. The Morgan fingerprint density at radius 3 is 2.54 bits per heavy atom. The standard InChI is InChI=1S/C29H32ClN5OS/c1-4-21(19-31)33-35(23-14-16-24(17-15-23)37-34(2)3)28-11-7-8-20-12-13-22(18-26(20)28)32-29(36)25-9-5-6-10-27(25)30/h5-6,9-18H,4,7-8,19,31H2,1-3H3,(H,32,36)/b33-21+. The summed E-state index contributed by atoms with van der Waals surface area (Å²) in [6.45, 7) is 2.45. The summed E-state index contributed by atoms with van der Waals surface area (Å²) in [5.74, 6) is -0.243. The van der Waals surface area contributed by atoms with E-state index >= 15 is 0 Å². The number of halogens is 1. The number of nitrogens with zero attached hydrogens (tertiary/aromatic N) is 3. The highest BCUT2D eigenvalue weighted by molar-refractivity contribution is 7.97.